The molecule has 1 fully saturated rings. The maximum absolute atomic E-state index is 12.8. The molecule has 0 unspecified atom stereocenters. The minimum absolute atomic E-state index is 0.0303. The standard InChI is InChI=1S/C18H27N3O4S/c1-4-8-19-18(23)14(2)20-9-11-21(12-10-20)26(24,25)17-7-5-6-16(13-17)15(3)22/h5-7,13-14H,4,8-12H2,1-3H3,(H,19,23)/t14-/m1/s1. The number of piperazine rings is 1. The van der Waals surface area contributed by atoms with Crippen LogP contribution < -0.4 is 5.32 Å². The average molecular weight is 381 g/mol. The van der Waals surface area contributed by atoms with Crippen LogP contribution in [0, 0.1) is 0 Å². The summed E-state index contributed by atoms with van der Waals surface area (Å²) in [4.78, 5) is 25.7. The van der Waals surface area contributed by atoms with Crippen LogP contribution in [0.1, 0.15) is 37.6 Å². The third-order valence-corrected chi connectivity index (χ3v) is 6.52. The SMILES string of the molecule is CCCNC(=O)[C@@H](C)N1CCN(S(=O)(=O)c2cccc(C(C)=O)c2)CC1. The number of amides is 1. The van der Waals surface area contributed by atoms with E-state index in [0.29, 0.717) is 38.3 Å². The first-order valence-corrected chi connectivity index (χ1v) is 10.3. The van der Waals surface area contributed by atoms with Crippen LogP contribution in [0.4, 0.5) is 0 Å². The summed E-state index contributed by atoms with van der Waals surface area (Å²) in [6.07, 6.45) is 0.879. The second-order valence-corrected chi connectivity index (χ2v) is 8.43. The van der Waals surface area contributed by atoms with Gasteiger partial charge in [-0.1, -0.05) is 19.1 Å². The van der Waals surface area contributed by atoms with Gasteiger partial charge in [-0.25, -0.2) is 8.42 Å². The fraction of sp³-hybridized carbons (Fsp3) is 0.556. The molecule has 1 aliphatic rings. The van der Waals surface area contributed by atoms with Gasteiger partial charge in [0.25, 0.3) is 0 Å². The van der Waals surface area contributed by atoms with E-state index in [1.165, 1.54) is 23.4 Å². The Bertz CT molecular complexity index is 755. The lowest BCUT2D eigenvalue weighted by Crippen LogP contribution is -2.54. The number of carbonyl (C=O) groups is 2. The van der Waals surface area contributed by atoms with E-state index in [4.69, 9.17) is 0 Å². The molecule has 1 aliphatic heterocycles. The number of nitrogens with zero attached hydrogens (tertiary/aromatic N) is 2. The van der Waals surface area contributed by atoms with Crippen LogP contribution in [0.2, 0.25) is 0 Å². The summed E-state index contributed by atoms with van der Waals surface area (Å²) in [6.45, 7) is 7.51. The van der Waals surface area contributed by atoms with Crippen molar-refractivity contribution in [2.45, 2.75) is 38.1 Å². The number of sulfonamides is 1. The van der Waals surface area contributed by atoms with Crippen molar-refractivity contribution in [1.82, 2.24) is 14.5 Å². The molecule has 1 aromatic rings. The van der Waals surface area contributed by atoms with Crippen LogP contribution in [0.25, 0.3) is 0 Å². The molecule has 0 saturated carbocycles. The lowest BCUT2D eigenvalue weighted by atomic mass is 10.2. The van der Waals surface area contributed by atoms with Crippen LogP contribution in [0.15, 0.2) is 29.2 Å². The fourth-order valence-electron chi connectivity index (χ4n) is 2.92. The molecule has 1 heterocycles. The number of ketones is 1. The molecule has 1 aromatic carbocycles. The first kappa shape index (κ1) is 20.5. The highest BCUT2D eigenvalue weighted by Crippen LogP contribution is 2.20. The van der Waals surface area contributed by atoms with E-state index in [0.717, 1.165) is 6.42 Å². The van der Waals surface area contributed by atoms with E-state index in [-0.39, 0.29) is 22.6 Å². The van der Waals surface area contributed by atoms with Crippen LogP contribution in [0.3, 0.4) is 0 Å². The molecule has 144 valence electrons. The molecule has 1 saturated heterocycles. The summed E-state index contributed by atoms with van der Waals surface area (Å²) in [5.74, 6) is -0.198. The van der Waals surface area contributed by atoms with Gasteiger partial charge < -0.3 is 5.32 Å². The first-order chi connectivity index (χ1) is 12.3. The van der Waals surface area contributed by atoms with E-state index in [1.807, 2.05) is 18.7 Å². The van der Waals surface area contributed by atoms with E-state index in [2.05, 4.69) is 5.32 Å². The van der Waals surface area contributed by atoms with Gasteiger partial charge in [0.2, 0.25) is 15.9 Å². The minimum atomic E-state index is -3.65. The lowest BCUT2D eigenvalue weighted by Gasteiger charge is -2.36. The van der Waals surface area contributed by atoms with Gasteiger partial charge in [-0.2, -0.15) is 4.31 Å². The second kappa shape index (κ2) is 8.75. The fourth-order valence-corrected chi connectivity index (χ4v) is 4.39. The quantitative estimate of drug-likeness (QED) is 0.715. The van der Waals surface area contributed by atoms with Crippen LogP contribution in [-0.4, -0.2) is 68.1 Å². The predicted molar refractivity (Wildman–Crippen MR) is 99.5 cm³/mol. The summed E-state index contributed by atoms with van der Waals surface area (Å²) in [7, 11) is -3.65. The minimum Gasteiger partial charge on any atom is -0.355 e. The van der Waals surface area contributed by atoms with Gasteiger partial charge >= 0.3 is 0 Å². The second-order valence-electron chi connectivity index (χ2n) is 6.49. The highest BCUT2D eigenvalue weighted by molar-refractivity contribution is 7.89. The van der Waals surface area contributed by atoms with Gasteiger partial charge in [-0.15, -0.1) is 0 Å². The number of hydrogen-bond donors (Lipinski definition) is 1. The maximum atomic E-state index is 12.8. The number of carbonyl (C=O) groups excluding carboxylic acids is 2. The van der Waals surface area contributed by atoms with E-state index in [1.54, 1.807) is 12.1 Å². The van der Waals surface area contributed by atoms with Gasteiger partial charge in [0.1, 0.15) is 0 Å². The zero-order valence-corrected chi connectivity index (χ0v) is 16.4. The zero-order valence-electron chi connectivity index (χ0n) is 15.6. The molecule has 0 bridgehead atoms. The predicted octanol–water partition coefficient (Wildman–Crippen LogP) is 1.11. The summed E-state index contributed by atoms with van der Waals surface area (Å²) >= 11 is 0. The molecule has 0 spiro atoms. The Hall–Kier alpha value is -1.77. The Morgan fingerprint density at radius 2 is 1.85 bits per heavy atom. The van der Waals surface area contributed by atoms with Crippen molar-refractivity contribution >= 4 is 21.7 Å². The Morgan fingerprint density at radius 1 is 1.19 bits per heavy atom. The number of rotatable bonds is 7. The van der Waals surface area contributed by atoms with Crippen LogP contribution in [-0.2, 0) is 14.8 Å². The Balaban J connectivity index is 2.03. The number of benzene rings is 1. The topological polar surface area (TPSA) is 86.8 Å². The van der Waals surface area contributed by atoms with Crippen molar-refractivity contribution in [1.29, 1.82) is 0 Å². The van der Waals surface area contributed by atoms with Crippen molar-refractivity contribution in [2.24, 2.45) is 0 Å². The van der Waals surface area contributed by atoms with Gasteiger partial charge in [-0.3, -0.25) is 14.5 Å². The third-order valence-electron chi connectivity index (χ3n) is 4.63. The van der Waals surface area contributed by atoms with Gasteiger partial charge in [0, 0.05) is 38.3 Å². The highest BCUT2D eigenvalue weighted by Gasteiger charge is 2.31. The molecular formula is C18H27N3O4S. The van der Waals surface area contributed by atoms with E-state index in [9.17, 15) is 18.0 Å². The number of Topliss-reactive ketones (excluding diaryl/α,β-unsaturated/α-hetero) is 1. The Labute approximate surface area is 155 Å². The molecular weight excluding hydrogens is 354 g/mol. The smallest absolute Gasteiger partial charge is 0.243 e. The molecule has 7 nitrogen and oxygen atoms in total. The van der Waals surface area contributed by atoms with E-state index < -0.39 is 10.0 Å². The van der Waals surface area contributed by atoms with Gasteiger partial charge in [0.15, 0.2) is 5.78 Å². The molecule has 8 heteroatoms. The van der Waals surface area contributed by atoms with Crippen molar-refractivity contribution in [3.63, 3.8) is 0 Å². The molecule has 1 N–H and O–H groups in total. The lowest BCUT2D eigenvalue weighted by molar-refractivity contribution is -0.126. The normalized spacial score (nSPS) is 17.7. The van der Waals surface area contributed by atoms with Gasteiger partial charge in [0.05, 0.1) is 10.9 Å². The Morgan fingerprint density at radius 3 is 2.42 bits per heavy atom. The molecule has 1 amide bonds. The molecule has 26 heavy (non-hydrogen) atoms. The number of nitrogens with one attached hydrogen (secondary N) is 1. The average Bonchev–Trinajstić information content (AvgIpc) is 2.65. The van der Waals surface area contributed by atoms with Crippen molar-refractivity contribution < 1.29 is 18.0 Å². The van der Waals surface area contributed by atoms with Crippen LogP contribution in [0.5, 0.6) is 0 Å². The van der Waals surface area contributed by atoms with Crippen molar-refractivity contribution in [3.05, 3.63) is 29.8 Å². The van der Waals surface area contributed by atoms with Crippen LogP contribution >= 0.6 is 0 Å². The summed E-state index contributed by atoms with van der Waals surface area (Å²) in [5.41, 5.74) is 0.380. The Kier molecular flexibility index (Phi) is 6.91. The summed E-state index contributed by atoms with van der Waals surface area (Å²) in [5, 5.41) is 2.87. The first-order valence-electron chi connectivity index (χ1n) is 8.90. The number of hydrogen-bond acceptors (Lipinski definition) is 5. The van der Waals surface area contributed by atoms with Crippen molar-refractivity contribution in [3.8, 4) is 0 Å². The summed E-state index contributed by atoms with van der Waals surface area (Å²) in [6, 6.07) is 5.84. The van der Waals surface area contributed by atoms with E-state index >= 15 is 0 Å². The highest BCUT2D eigenvalue weighted by atomic mass is 32.2. The molecule has 0 aromatic heterocycles. The largest absolute Gasteiger partial charge is 0.355 e. The molecule has 0 aliphatic carbocycles. The maximum Gasteiger partial charge on any atom is 0.243 e. The van der Waals surface area contributed by atoms with Crippen molar-refractivity contribution in [2.75, 3.05) is 32.7 Å². The monoisotopic (exact) mass is 381 g/mol. The molecule has 0 radical (unpaired) electrons. The van der Waals surface area contributed by atoms with Gasteiger partial charge in [-0.05, 0) is 32.4 Å². The molecule has 1 atom stereocenters. The zero-order chi connectivity index (χ0) is 19.3. The summed E-state index contributed by atoms with van der Waals surface area (Å²) < 4.78 is 27.1. The third kappa shape index (κ3) is 4.69. The molecule has 2 rings (SSSR count).